The molecular formula is C12H17N3O4S. The van der Waals surface area contributed by atoms with Crippen LogP contribution < -0.4 is 11.1 Å². The largest absolute Gasteiger partial charge is 0.476 e. The van der Waals surface area contributed by atoms with Crippen LogP contribution in [0.1, 0.15) is 41.3 Å². The molecule has 1 aromatic heterocycles. The quantitative estimate of drug-likeness (QED) is 0.730. The molecule has 1 aromatic rings. The standard InChI is InChI=1S/C12H17N3O4S/c1-6(11-15-8(5-20-11)12(17)18)14-10(16)9-3-2-7(4-13)19-9/h5-7,9H,2-4,13H2,1H3,(H,14,16)(H,17,18). The van der Waals surface area contributed by atoms with Crippen molar-refractivity contribution in [3.8, 4) is 0 Å². The number of carbonyl (C=O) groups is 2. The lowest BCUT2D eigenvalue weighted by Crippen LogP contribution is -2.37. The molecule has 0 spiro atoms. The molecule has 1 fully saturated rings. The summed E-state index contributed by atoms with van der Waals surface area (Å²) in [7, 11) is 0. The summed E-state index contributed by atoms with van der Waals surface area (Å²) in [6, 6.07) is -0.346. The third-order valence-electron chi connectivity index (χ3n) is 3.13. The molecule has 0 aliphatic carbocycles. The van der Waals surface area contributed by atoms with E-state index in [0.29, 0.717) is 18.0 Å². The van der Waals surface area contributed by atoms with E-state index >= 15 is 0 Å². The van der Waals surface area contributed by atoms with Gasteiger partial charge in [-0.1, -0.05) is 0 Å². The third kappa shape index (κ3) is 3.33. The Morgan fingerprint density at radius 1 is 1.65 bits per heavy atom. The van der Waals surface area contributed by atoms with Crippen molar-refractivity contribution in [1.82, 2.24) is 10.3 Å². The summed E-state index contributed by atoms with van der Waals surface area (Å²) in [5.41, 5.74) is 5.49. The minimum Gasteiger partial charge on any atom is -0.476 e. The van der Waals surface area contributed by atoms with Gasteiger partial charge in [0, 0.05) is 11.9 Å². The van der Waals surface area contributed by atoms with E-state index in [4.69, 9.17) is 15.6 Å². The molecule has 1 amide bonds. The fraction of sp³-hybridized carbons (Fsp3) is 0.583. The van der Waals surface area contributed by atoms with E-state index in [9.17, 15) is 9.59 Å². The zero-order valence-corrected chi connectivity index (χ0v) is 11.9. The van der Waals surface area contributed by atoms with Gasteiger partial charge >= 0.3 is 5.97 Å². The summed E-state index contributed by atoms with van der Waals surface area (Å²) in [4.78, 5) is 26.7. The fourth-order valence-electron chi connectivity index (χ4n) is 2.02. The van der Waals surface area contributed by atoms with Crippen LogP contribution in [0.15, 0.2) is 5.38 Å². The van der Waals surface area contributed by atoms with Crippen molar-refractivity contribution in [2.75, 3.05) is 6.54 Å². The highest BCUT2D eigenvalue weighted by molar-refractivity contribution is 7.09. The first-order chi connectivity index (χ1) is 9.51. The second kappa shape index (κ2) is 6.29. The van der Waals surface area contributed by atoms with Crippen LogP contribution in [-0.2, 0) is 9.53 Å². The number of carbonyl (C=O) groups excluding carboxylic acids is 1. The van der Waals surface area contributed by atoms with Crippen LogP contribution in [0.5, 0.6) is 0 Å². The number of aromatic nitrogens is 1. The maximum atomic E-state index is 12.0. The average molecular weight is 299 g/mol. The van der Waals surface area contributed by atoms with Crippen LogP contribution in [0, 0.1) is 0 Å². The Bertz CT molecular complexity index is 505. The highest BCUT2D eigenvalue weighted by Crippen LogP contribution is 2.22. The van der Waals surface area contributed by atoms with Gasteiger partial charge in [0.15, 0.2) is 5.69 Å². The van der Waals surface area contributed by atoms with Gasteiger partial charge in [-0.05, 0) is 19.8 Å². The molecule has 0 radical (unpaired) electrons. The topological polar surface area (TPSA) is 115 Å². The van der Waals surface area contributed by atoms with Crippen molar-refractivity contribution in [1.29, 1.82) is 0 Å². The Morgan fingerprint density at radius 3 is 2.95 bits per heavy atom. The number of ether oxygens (including phenoxy) is 1. The van der Waals surface area contributed by atoms with Crippen molar-refractivity contribution >= 4 is 23.2 Å². The minimum absolute atomic E-state index is 0.00795. The normalized spacial score (nSPS) is 23.5. The molecular weight excluding hydrogens is 282 g/mol. The molecule has 110 valence electrons. The Hall–Kier alpha value is -1.51. The zero-order valence-electron chi connectivity index (χ0n) is 11.0. The molecule has 0 aromatic carbocycles. The molecule has 2 heterocycles. The van der Waals surface area contributed by atoms with Crippen molar-refractivity contribution in [3.05, 3.63) is 16.1 Å². The van der Waals surface area contributed by atoms with Gasteiger partial charge in [-0.25, -0.2) is 9.78 Å². The summed E-state index contributed by atoms with van der Waals surface area (Å²) < 4.78 is 5.50. The Kier molecular flexibility index (Phi) is 4.69. The molecule has 2 rings (SSSR count). The molecule has 3 atom stereocenters. The van der Waals surface area contributed by atoms with E-state index in [2.05, 4.69) is 10.3 Å². The van der Waals surface area contributed by atoms with Crippen molar-refractivity contribution in [3.63, 3.8) is 0 Å². The van der Waals surface area contributed by atoms with E-state index in [1.165, 1.54) is 16.7 Å². The van der Waals surface area contributed by atoms with Crippen LogP contribution in [0.3, 0.4) is 0 Å². The molecule has 0 bridgehead atoms. The monoisotopic (exact) mass is 299 g/mol. The summed E-state index contributed by atoms with van der Waals surface area (Å²) in [6.45, 7) is 2.17. The van der Waals surface area contributed by atoms with E-state index in [1.807, 2.05) is 0 Å². The van der Waals surface area contributed by atoms with Gasteiger partial charge in [-0.15, -0.1) is 11.3 Å². The molecule has 3 unspecified atom stereocenters. The van der Waals surface area contributed by atoms with Crippen molar-refractivity contribution in [2.24, 2.45) is 5.73 Å². The molecule has 1 aliphatic rings. The fourth-order valence-corrected chi connectivity index (χ4v) is 2.82. The molecule has 0 saturated carbocycles. The first-order valence-corrected chi connectivity index (χ1v) is 7.23. The van der Waals surface area contributed by atoms with Crippen LogP contribution in [0.4, 0.5) is 0 Å². The van der Waals surface area contributed by atoms with Crippen LogP contribution in [-0.4, -0.2) is 40.7 Å². The second-order valence-corrected chi connectivity index (χ2v) is 5.56. The smallest absolute Gasteiger partial charge is 0.355 e. The number of carboxylic acids is 1. The molecule has 1 saturated heterocycles. The number of nitrogens with zero attached hydrogens (tertiary/aromatic N) is 1. The van der Waals surface area contributed by atoms with Crippen LogP contribution >= 0.6 is 11.3 Å². The summed E-state index contributed by atoms with van der Waals surface area (Å²) in [5.74, 6) is -1.28. The number of hydrogen-bond acceptors (Lipinski definition) is 6. The first-order valence-electron chi connectivity index (χ1n) is 6.36. The Balaban J connectivity index is 1.92. The molecule has 1 aliphatic heterocycles. The maximum Gasteiger partial charge on any atom is 0.355 e. The van der Waals surface area contributed by atoms with E-state index in [0.717, 1.165) is 6.42 Å². The number of aromatic carboxylic acids is 1. The predicted octanol–water partition coefficient (Wildman–Crippen LogP) is 0.525. The number of carboxylic acid groups (broad SMARTS) is 1. The molecule has 8 heteroatoms. The maximum absolute atomic E-state index is 12.0. The lowest BCUT2D eigenvalue weighted by molar-refractivity contribution is -0.132. The predicted molar refractivity (Wildman–Crippen MR) is 72.6 cm³/mol. The van der Waals surface area contributed by atoms with Gasteiger partial charge in [-0.2, -0.15) is 0 Å². The first kappa shape index (κ1) is 14.9. The third-order valence-corrected chi connectivity index (χ3v) is 4.16. The number of nitrogens with one attached hydrogen (secondary N) is 1. The van der Waals surface area contributed by atoms with Gasteiger partial charge < -0.3 is 20.9 Å². The van der Waals surface area contributed by atoms with Crippen LogP contribution in [0.25, 0.3) is 0 Å². The number of hydrogen-bond donors (Lipinski definition) is 3. The van der Waals surface area contributed by atoms with E-state index < -0.39 is 12.1 Å². The summed E-state index contributed by atoms with van der Waals surface area (Å²) in [5, 5.41) is 13.6. The molecule has 20 heavy (non-hydrogen) atoms. The van der Waals surface area contributed by atoms with Crippen LogP contribution in [0.2, 0.25) is 0 Å². The zero-order chi connectivity index (χ0) is 14.7. The van der Waals surface area contributed by atoms with E-state index in [1.54, 1.807) is 6.92 Å². The lowest BCUT2D eigenvalue weighted by Gasteiger charge is -2.16. The number of thiazole rings is 1. The Morgan fingerprint density at radius 2 is 2.40 bits per heavy atom. The summed E-state index contributed by atoms with van der Waals surface area (Å²) in [6.07, 6.45) is 0.895. The molecule has 4 N–H and O–H groups in total. The molecule has 7 nitrogen and oxygen atoms in total. The van der Waals surface area contributed by atoms with Gasteiger partial charge in [0.25, 0.3) is 0 Å². The van der Waals surface area contributed by atoms with Gasteiger partial charge in [0.2, 0.25) is 5.91 Å². The second-order valence-electron chi connectivity index (χ2n) is 4.67. The SMILES string of the molecule is CC(NC(=O)C1CCC(CN)O1)c1nc(C(=O)O)cs1. The Labute approximate surface area is 120 Å². The van der Waals surface area contributed by atoms with Gasteiger partial charge in [-0.3, -0.25) is 4.79 Å². The van der Waals surface area contributed by atoms with Gasteiger partial charge in [0.05, 0.1) is 12.1 Å². The minimum atomic E-state index is -1.07. The highest BCUT2D eigenvalue weighted by Gasteiger charge is 2.30. The van der Waals surface area contributed by atoms with Gasteiger partial charge in [0.1, 0.15) is 11.1 Å². The van der Waals surface area contributed by atoms with Crippen molar-refractivity contribution < 1.29 is 19.4 Å². The highest BCUT2D eigenvalue weighted by atomic mass is 32.1. The number of amides is 1. The van der Waals surface area contributed by atoms with E-state index in [-0.39, 0.29) is 23.7 Å². The number of rotatable bonds is 5. The summed E-state index contributed by atoms with van der Waals surface area (Å²) >= 11 is 1.21. The number of nitrogens with two attached hydrogens (primary N) is 1. The average Bonchev–Trinajstić information content (AvgIpc) is 3.07. The van der Waals surface area contributed by atoms with Crippen molar-refractivity contribution in [2.45, 2.75) is 38.0 Å². The lowest BCUT2D eigenvalue weighted by atomic mass is 10.2.